The van der Waals surface area contributed by atoms with Gasteiger partial charge in [0.25, 0.3) is 10.0 Å². The van der Waals surface area contributed by atoms with Crippen LogP contribution in [0.4, 0.5) is 9.18 Å². The van der Waals surface area contributed by atoms with Gasteiger partial charge in [0, 0.05) is 22.5 Å². The number of nitrogens with zero attached hydrogens (tertiary/aromatic N) is 3. The summed E-state index contributed by atoms with van der Waals surface area (Å²) >= 11 is 12.3. The normalized spacial score (nSPS) is 14.8. The monoisotopic (exact) mass is 577 g/mol. The average molecular weight is 578 g/mol. The summed E-state index contributed by atoms with van der Waals surface area (Å²) in [5.41, 5.74) is 3.45. The van der Waals surface area contributed by atoms with E-state index < -0.39 is 28.4 Å². The highest BCUT2D eigenvalue weighted by molar-refractivity contribution is 7.90. The molecule has 0 bridgehead atoms. The third-order valence-electron chi connectivity index (χ3n) is 6.14. The van der Waals surface area contributed by atoms with Gasteiger partial charge in [-0.1, -0.05) is 29.3 Å². The van der Waals surface area contributed by atoms with Crippen molar-refractivity contribution in [1.82, 2.24) is 24.8 Å². The van der Waals surface area contributed by atoms with Gasteiger partial charge < -0.3 is 9.73 Å². The quantitative estimate of drug-likeness (QED) is 0.317. The highest BCUT2D eigenvalue weighted by Crippen LogP contribution is 2.34. The summed E-state index contributed by atoms with van der Waals surface area (Å²) in [4.78, 5) is 16.3. The van der Waals surface area contributed by atoms with Crippen molar-refractivity contribution >= 4 is 55.9 Å². The van der Waals surface area contributed by atoms with E-state index in [1.54, 1.807) is 36.0 Å². The van der Waals surface area contributed by atoms with E-state index in [1.165, 1.54) is 18.2 Å². The van der Waals surface area contributed by atoms with Crippen LogP contribution < -0.4 is 10.0 Å². The second-order valence-electron chi connectivity index (χ2n) is 8.80. The van der Waals surface area contributed by atoms with Crippen molar-refractivity contribution < 1.29 is 22.0 Å². The van der Waals surface area contributed by atoms with Crippen LogP contribution in [0.3, 0.4) is 0 Å². The van der Waals surface area contributed by atoms with Gasteiger partial charge >= 0.3 is 6.03 Å². The molecule has 4 aromatic rings. The number of aromatic nitrogens is 3. The van der Waals surface area contributed by atoms with Crippen LogP contribution in [0.5, 0.6) is 0 Å². The number of hydrogen-bond donors (Lipinski definition) is 2. The Kier molecular flexibility index (Phi) is 7.17. The maximum absolute atomic E-state index is 15.4. The highest BCUT2D eigenvalue weighted by Gasteiger charge is 2.25. The molecule has 2 N–H and O–H groups in total. The number of carbonyl (C=O) groups excluding carboxylic acids is 1. The summed E-state index contributed by atoms with van der Waals surface area (Å²) in [5.74, 6) is -0.200. The second kappa shape index (κ2) is 10.4. The van der Waals surface area contributed by atoms with Gasteiger partial charge in [-0.2, -0.15) is 5.10 Å². The zero-order valence-electron chi connectivity index (χ0n) is 20.1. The third-order valence-corrected chi connectivity index (χ3v) is 8.06. The van der Waals surface area contributed by atoms with Crippen LogP contribution in [0, 0.1) is 6.92 Å². The molecule has 13 heteroatoms. The van der Waals surface area contributed by atoms with Gasteiger partial charge in [0.2, 0.25) is 0 Å². The lowest BCUT2D eigenvalue weighted by atomic mass is 9.92. The molecule has 5 rings (SSSR count). The molecule has 1 aliphatic rings. The Morgan fingerprint density at radius 1 is 1.18 bits per heavy atom. The number of oxazole rings is 1. The molecule has 38 heavy (non-hydrogen) atoms. The number of sulfonamides is 1. The van der Waals surface area contributed by atoms with Crippen molar-refractivity contribution in [2.24, 2.45) is 0 Å². The van der Waals surface area contributed by atoms with Gasteiger partial charge in [0.15, 0.2) is 11.5 Å². The minimum atomic E-state index is -4.22. The molecule has 2 aromatic carbocycles. The summed E-state index contributed by atoms with van der Waals surface area (Å²) in [5, 5.41) is 7.70. The molecular formula is C25H22Cl2FN5O4S. The highest BCUT2D eigenvalue weighted by atomic mass is 35.5. The van der Waals surface area contributed by atoms with Crippen LogP contribution in [0.1, 0.15) is 35.6 Å². The first-order valence-corrected chi connectivity index (χ1v) is 13.9. The first-order chi connectivity index (χ1) is 18.1. The van der Waals surface area contributed by atoms with E-state index in [0.717, 1.165) is 17.5 Å². The molecule has 0 radical (unpaired) electrons. The summed E-state index contributed by atoms with van der Waals surface area (Å²) in [6.07, 6.45) is 3.60. The Morgan fingerprint density at radius 3 is 2.79 bits per heavy atom. The number of fused-ring (bicyclic) bond motifs is 2. The molecule has 0 fully saturated rings. The van der Waals surface area contributed by atoms with Crippen molar-refractivity contribution in [2.45, 2.75) is 37.6 Å². The summed E-state index contributed by atoms with van der Waals surface area (Å²) in [6.45, 7) is 1.45. The fraction of sp³-hybridized carbons (Fsp3) is 0.240. The Bertz CT molecular complexity index is 1700. The standard InChI is InChI=1S/C25H22Cl2FN5O4S/c1-14-31-22-10-18(7-8-23(22)37-14)38(35,36)32-25(34)29-12-21(28)19-4-2-3-15-11-30-33(24(15)19)13-16-5-6-17(26)9-20(16)27/h5-11H,2-4,12-13H2,1H3,(H2,29,32,34). The van der Waals surface area contributed by atoms with E-state index in [-0.39, 0.29) is 4.90 Å². The number of aryl methyl sites for hydroxylation is 2. The van der Waals surface area contributed by atoms with Gasteiger partial charge in [-0.15, -0.1) is 0 Å². The third kappa shape index (κ3) is 5.40. The van der Waals surface area contributed by atoms with Gasteiger partial charge in [-0.25, -0.2) is 27.3 Å². The molecule has 2 heterocycles. The van der Waals surface area contributed by atoms with E-state index in [9.17, 15) is 13.2 Å². The maximum Gasteiger partial charge on any atom is 0.329 e. The number of halogens is 3. The van der Waals surface area contributed by atoms with E-state index in [1.807, 2.05) is 4.72 Å². The lowest BCUT2D eigenvalue weighted by Crippen LogP contribution is -2.40. The molecular weight excluding hydrogens is 556 g/mol. The smallest absolute Gasteiger partial charge is 0.329 e. The lowest BCUT2D eigenvalue weighted by molar-refractivity contribution is 0.246. The largest absolute Gasteiger partial charge is 0.441 e. The molecule has 1 aliphatic carbocycles. The molecule has 0 saturated heterocycles. The van der Waals surface area contributed by atoms with E-state index >= 15 is 4.39 Å². The molecule has 0 unspecified atom stereocenters. The molecule has 9 nitrogen and oxygen atoms in total. The second-order valence-corrected chi connectivity index (χ2v) is 11.3. The number of nitrogens with one attached hydrogen (secondary N) is 2. The van der Waals surface area contributed by atoms with Gasteiger partial charge in [-0.05, 0) is 60.7 Å². The fourth-order valence-corrected chi connectivity index (χ4v) is 5.81. The van der Waals surface area contributed by atoms with E-state index in [0.29, 0.717) is 57.7 Å². The summed E-state index contributed by atoms with van der Waals surface area (Å²) < 4.78 is 49.6. The number of urea groups is 1. The zero-order valence-corrected chi connectivity index (χ0v) is 22.4. The number of benzene rings is 2. The number of hydrogen-bond acceptors (Lipinski definition) is 6. The summed E-state index contributed by atoms with van der Waals surface area (Å²) in [7, 11) is -4.22. The van der Waals surface area contributed by atoms with Gasteiger partial charge in [0.05, 0.1) is 29.9 Å². The molecule has 2 amide bonds. The molecule has 2 aromatic heterocycles. The zero-order chi connectivity index (χ0) is 27.0. The molecule has 0 aliphatic heterocycles. The summed E-state index contributed by atoms with van der Waals surface area (Å²) in [6, 6.07) is 8.12. The first-order valence-electron chi connectivity index (χ1n) is 11.6. The van der Waals surface area contributed by atoms with E-state index in [2.05, 4.69) is 15.4 Å². The topological polar surface area (TPSA) is 119 Å². The number of allylic oxidation sites excluding steroid dienone is 1. The van der Waals surface area contributed by atoms with Crippen LogP contribution in [0.15, 0.2) is 57.7 Å². The molecule has 0 spiro atoms. The van der Waals surface area contributed by atoms with Crippen molar-refractivity contribution in [3.05, 3.63) is 81.2 Å². The average Bonchev–Trinajstić information content (AvgIpc) is 3.45. The first kappa shape index (κ1) is 26.2. The van der Waals surface area contributed by atoms with Crippen LogP contribution >= 0.6 is 23.2 Å². The minimum absolute atomic E-state index is 0.172. The molecule has 198 valence electrons. The van der Waals surface area contributed by atoms with Gasteiger partial charge in [0.1, 0.15) is 11.3 Å². The Hall–Kier alpha value is -3.41. The van der Waals surface area contributed by atoms with Crippen LogP contribution in [-0.2, 0) is 23.0 Å². The molecule has 0 saturated carbocycles. The number of rotatable bonds is 6. The van der Waals surface area contributed by atoms with Gasteiger partial charge in [-0.3, -0.25) is 4.68 Å². The lowest BCUT2D eigenvalue weighted by Gasteiger charge is -2.19. The SMILES string of the molecule is Cc1nc2cc(S(=O)(=O)NC(=O)NCC(F)=C3CCCc4cnn(Cc5ccc(Cl)cc5Cl)c43)ccc2o1. The van der Waals surface area contributed by atoms with Crippen molar-refractivity contribution in [3.63, 3.8) is 0 Å². The fourth-order valence-electron chi connectivity index (χ4n) is 4.40. The maximum atomic E-state index is 15.4. The van der Waals surface area contributed by atoms with Crippen molar-refractivity contribution in [2.75, 3.05) is 6.54 Å². The molecule has 0 atom stereocenters. The van der Waals surface area contributed by atoms with Crippen LogP contribution in [0.2, 0.25) is 10.0 Å². The predicted octanol–water partition coefficient (Wildman–Crippen LogP) is 5.39. The number of amides is 2. The van der Waals surface area contributed by atoms with Crippen LogP contribution in [0.25, 0.3) is 16.7 Å². The predicted molar refractivity (Wildman–Crippen MR) is 141 cm³/mol. The van der Waals surface area contributed by atoms with E-state index in [4.69, 9.17) is 27.6 Å². The van der Waals surface area contributed by atoms with Crippen molar-refractivity contribution in [1.29, 1.82) is 0 Å². The minimum Gasteiger partial charge on any atom is -0.441 e. The van der Waals surface area contributed by atoms with Crippen LogP contribution in [-0.4, -0.2) is 35.8 Å². The Morgan fingerprint density at radius 2 is 2.00 bits per heavy atom. The number of carbonyl (C=O) groups is 1. The Labute approximate surface area is 227 Å². The Balaban J connectivity index is 1.31. The van der Waals surface area contributed by atoms with Crippen molar-refractivity contribution in [3.8, 4) is 0 Å².